The molecule has 8 nitrogen and oxygen atoms in total. The van der Waals surface area contributed by atoms with Crippen molar-refractivity contribution >= 4 is 51.5 Å². The number of fused-ring (bicyclic) bond motifs is 1. The Morgan fingerprint density at radius 1 is 1.21 bits per heavy atom. The molecule has 0 spiro atoms. The smallest absolute Gasteiger partial charge is 0.283 e. The van der Waals surface area contributed by atoms with Crippen molar-refractivity contribution in [3.8, 4) is 5.69 Å². The van der Waals surface area contributed by atoms with Crippen LogP contribution in [0.15, 0.2) is 39.9 Å². The standard InChI is InChI=1S/C22H20ClFN6O2S/c1-12-9-14(13(2)29(12)15-3-4-18(24)17(23)11-15)10-16-19(25)30-21(26-20(16)31)33-22(27-30)28-5-7-32-8-6-28/h3-4,9-11,25H,5-8H2,1-2H3/b16-10+,25-19?. The average Bonchev–Trinajstić information content (AvgIpc) is 3.34. The zero-order valence-electron chi connectivity index (χ0n) is 17.9. The summed E-state index contributed by atoms with van der Waals surface area (Å²) in [6, 6.07) is 6.42. The first kappa shape index (κ1) is 21.9. The summed E-state index contributed by atoms with van der Waals surface area (Å²) in [5, 5.41) is 15.7. The summed E-state index contributed by atoms with van der Waals surface area (Å²) in [5.74, 6) is -0.984. The highest BCUT2D eigenvalue weighted by molar-refractivity contribution is 8.26. The molecule has 3 aliphatic rings. The molecule has 1 saturated heterocycles. The van der Waals surface area contributed by atoms with Crippen LogP contribution in [-0.2, 0) is 9.53 Å². The van der Waals surface area contributed by atoms with E-state index in [0.717, 1.165) is 17.0 Å². The van der Waals surface area contributed by atoms with Gasteiger partial charge in [-0.25, -0.2) is 4.39 Å². The molecule has 0 aliphatic carbocycles. The summed E-state index contributed by atoms with van der Waals surface area (Å²) in [6.07, 6.45) is 1.65. The van der Waals surface area contributed by atoms with Crippen molar-refractivity contribution in [1.82, 2.24) is 14.5 Å². The number of halogens is 2. The van der Waals surface area contributed by atoms with Gasteiger partial charge in [0, 0.05) is 30.2 Å². The van der Waals surface area contributed by atoms with Crippen molar-refractivity contribution in [2.75, 3.05) is 26.3 Å². The zero-order valence-corrected chi connectivity index (χ0v) is 19.5. The topological polar surface area (TPSA) is 86.3 Å². The van der Waals surface area contributed by atoms with E-state index >= 15 is 0 Å². The number of hydrogen-bond donors (Lipinski definition) is 1. The van der Waals surface area contributed by atoms with Gasteiger partial charge in [-0.05, 0) is 61.5 Å². The van der Waals surface area contributed by atoms with Gasteiger partial charge in [0.2, 0.25) is 5.17 Å². The molecule has 0 atom stereocenters. The van der Waals surface area contributed by atoms with Crippen molar-refractivity contribution in [3.05, 3.63) is 57.6 Å². The Morgan fingerprint density at radius 3 is 2.70 bits per heavy atom. The van der Waals surface area contributed by atoms with E-state index in [4.69, 9.17) is 21.7 Å². The number of carbonyl (C=O) groups excluding carboxylic acids is 1. The van der Waals surface area contributed by atoms with Gasteiger partial charge in [-0.1, -0.05) is 11.6 Å². The van der Waals surface area contributed by atoms with E-state index in [1.54, 1.807) is 18.2 Å². The summed E-state index contributed by atoms with van der Waals surface area (Å²) < 4.78 is 20.9. The number of rotatable bonds is 2. The molecule has 0 bridgehead atoms. The Balaban J connectivity index is 1.48. The number of aliphatic imine (C=N–C) groups is 1. The number of nitrogens with zero attached hydrogens (tertiary/aromatic N) is 5. The molecule has 11 heteroatoms. The lowest BCUT2D eigenvalue weighted by Gasteiger charge is -2.26. The quantitative estimate of drug-likeness (QED) is 0.652. The predicted molar refractivity (Wildman–Crippen MR) is 128 cm³/mol. The summed E-state index contributed by atoms with van der Waals surface area (Å²) in [4.78, 5) is 19.0. The van der Waals surface area contributed by atoms with Crippen LogP contribution >= 0.6 is 23.4 Å². The van der Waals surface area contributed by atoms with Crippen molar-refractivity contribution in [1.29, 1.82) is 5.41 Å². The third kappa shape index (κ3) is 3.88. The number of benzene rings is 1. The summed E-state index contributed by atoms with van der Waals surface area (Å²) in [6.45, 7) is 6.44. The Labute approximate surface area is 198 Å². The van der Waals surface area contributed by atoms with E-state index in [1.165, 1.54) is 22.8 Å². The Kier molecular flexibility index (Phi) is 5.59. The number of morpholine rings is 1. The van der Waals surface area contributed by atoms with Crippen LogP contribution in [0, 0.1) is 25.1 Å². The number of hydrazone groups is 1. The summed E-state index contributed by atoms with van der Waals surface area (Å²) in [7, 11) is 0. The molecule has 1 amide bonds. The van der Waals surface area contributed by atoms with Gasteiger partial charge >= 0.3 is 0 Å². The van der Waals surface area contributed by atoms with Crippen molar-refractivity contribution < 1.29 is 13.9 Å². The number of ether oxygens (including phenoxy) is 1. The summed E-state index contributed by atoms with van der Waals surface area (Å²) in [5.41, 5.74) is 3.33. The molecule has 5 rings (SSSR count). The van der Waals surface area contributed by atoms with E-state index in [9.17, 15) is 9.18 Å². The van der Waals surface area contributed by atoms with Crippen LogP contribution in [0.2, 0.25) is 5.02 Å². The molecular weight excluding hydrogens is 467 g/mol. The SMILES string of the molecule is Cc1cc(/C=C2\C(=N)N3N=C(N4CCOCC4)SC3=NC2=O)c(C)n1-c1ccc(F)c(Cl)c1. The molecule has 1 aromatic carbocycles. The molecule has 1 aromatic heterocycles. The first-order chi connectivity index (χ1) is 15.8. The van der Waals surface area contributed by atoms with Gasteiger partial charge in [0.05, 0.1) is 23.8 Å². The van der Waals surface area contributed by atoms with E-state index in [0.29, 0.717) is 42.3 Å². The monoisotopic (exact) mass is 486 g/mol. The zero-order chi connectivity index (χ0) is 23.3. The third-order valence-corrected chi connectivity index (χ3v) is 6.92. The van der Waals surface area contributed by atoms with E-state index in [-0.39, 0.29) is 16.4 Å². The van der Waals surface area contributed by atoms with Crippen LogP contribution in [0.3, 0.4) is 0 Å². The van der Waals surface area contributed by atoms with Crippen molar-refractivity contribution in [2.45, 2.75) is 13.8 Å². The normalized spacial score (nSPS) is 19.8. The number of nitrogens with one attached hydrogen (secondary N) is 1. The maximum Gasteiger partial charge on any atom is 0.283 e. The maximum atomic E-state index is 13.6. The fourth-order valence-electron chi connectivity index (χ4n) is 3.98. The first-order valence-corrected chi connectivity index (χ1v) is 11.5. The molecule has 2 aromatic rings. The predicted octanol–water partition coefficient (Wildman–Crippen LogP) is 3.80. The molecule has 1 fully saturated rings. The van der Waals surface area contributed by atoms with Gasteiger partial charge in [-0.2, -0.15) is 10.0 Å². The molecule has 0 unspecified atom stereocenters. The van der Waals surface area contributed by atoms with E-state index in [2.05, 4.69) is 15.0 Å². The van der Waals surface area contributed by atoms with Crippen molar-refractivity contribution in [2.24, 2.45) is 10.1 Å². The third-order valence-electron chi connectivity index (χ3n) is 5.66. The lowest BCUT2D eigenvalue weighted by atomic mass is 10.1. The van der Waals surface area contributed by atoms with Gasteiger partial charge in [-0.3, -0.25) is 10.2 Å². The molecule has 3 aliphatic heterocycles. The van der Waals surface area contributed by atoms with Crippen LogP contribution in [0.4, 0.5) is 4.39 Å². The fraction of sp³-hybridized carbons (Fsp3) is 0.273. The Bertz CT molecular complexity index is 1280. The van der Waals surface area contributed by atoms with Gasteiger partial charge < -0.3 is 14.2 Å². The van der Waals surface area contributed by atoms with Crippen LogP contribution in [0.1, 0.15) is 17.0 Å². The number of aromatic nitrogens is 1. The second kappa shape index (κ2) is 8.44. The van der Waals surface area contributed by atoms with Crippen LogP contribution in [-0.4, -0.2) is 62.9 Å². The number of aryl methyl sites for hydroxylation is 1. The molecule has 33 heavy (non-hydrogen) atoms. The maximum absolute atomic E-state index is 13.6. The molecular formula is C22H20ClFN6O2S. The Hall–Kier alpha value is -2.95. The number of amides is 1. The van der Waals surface area contributed by atoms with E-state index < -0.39 is 11.7 Å². The van der Waals surface area contributed by atoms with Gasteiger partial charge in [0.15, 0.2) is 11.0 Å². The number of hydrogen-bond acceptors (Lipinski definition) is 6. The lowest BCUT2D eigenvalue weighted by Crippen LogP contribution is -2.39. The largest absolute Gasteiger partial charge is 0.378 e. The summed E-state index contributed by atoms with van der Waals surface area (Å²) >= 11 is 7.26. The van der Waals surface area contributed by atoms with E-state index in [1.807, 2.05) is 24.5 Å². The van der Waals surface area contributed by atoms with Crippen molar-refractivity contribution in [3.63, 3.8) is 0 Å². The minimum Gasteiger partial charge on any atom is -0.378 e. The molecule has 0 saturated carbocycles. The number of amidine groups is 3. The molecule has 4 heterocycles. The van der Waals surface area contributed by atoms with Crippen LogP contribution in [0.25, 0.3) is 11.8 Å². The second-order valence-electron chi connectivity index (χ2n) is 7.76. The average molecular weight is 487 g/mol. The Morgan fingerprint density at radius 2 is 1.97 bits per heavy atom. The minimum atomic E-state index is -0.486. The van der Waals surface area contributed by atoms with Gasteiger partial charge in [0.1, 0.15) is 5.82 Å². The number of carbonyl (C=O) groups is 1. The van der Waals surface area contributed by atoms with Crippen LogP contribution < -0.4 is 0 Å². The highest BCUT2D eigenvalue weighted by Crippen LogP contribution is 2.31. The first-order valence-electron chi connectivity index (χ1n) is 10.3. The number of thioether (sulfide) groups is 1. The minimum absolute atomic E-state index is 0.0182. The molecule has 0 radical (unpaired) electrons. The lowest BCUT2D eigenvalue weighted by molar-refractivity contribution is -0.114. The fourth-order valence-corrected chi connectivity index (χ4v) is 5.09. The van der Waals surface area contributed by atoms with Crippen LogP contribution in [0.5, 0.6) is 0 Å². The molecule has 170 valence electrons. The van der Waals surface area contributed by atoms with Gasteiger partial charge in [-0.15, -0.1) is 5.10 Å². The molecule has 1 N–H and O–H groups in total. The highest BCUT2D eigenvalue weighted by atomic mass is 35.5. The van der Waals surface area contributed by atoms with Gasteiger partial charge in [0.25, 0.3) is 5.91 Å². The second-order valence-corrected chi connectivity index (χ2v) is 9.10. The highest BCUT2D eigenvalue weighted by Gasteiger charge is 2.37.